The number of aryl methyl sites for hydroxylation is 1. The summed E-state index contributed by atoms with van der Waals surface area (Å²) in [7, 11) is 5.84. The van der Waals surface area contributed by atoms with Crippen LogP contribution in [0.5, 0.6) is 17.2 Å². The first-order chi connectivity index (χ1) is 17.5. The number of methoxy groups -OCH3 is 1. The van der Waals surface area contributed by atoms with Crippen molar-refractivity contribution in [1.82, 2.24) is 14.8 Å². The largest absolute Gasteiger partial charge is 0.496 e. The second kappa shape index (κ2) is 9.39. The number of carbonyl (C=O) groups is 1. The van der Waals surface area contributed by atoms with E-state index >= 15 is 0 Å². The molecule has 8 heteroatoms. The standard InChI is InChI=1S/C29H39N3O5/c1-16-14-23(35-7)22(27(33)30-16)15-32-13-12-21-17(2)25-26(18(3)24(21)28(32)34)37-29(4,36-25)19-8-10-20(11-9-19)31(5)6/h14,19-20H,8-13,15H2,1-7H3,(H,30,33). The van der Waals surface area contributed by atoms with Crippen LogP contribution >= 0.6 is 0 Å². The molecular weight excluding hydrogens is 470 g/mol. The van der Waals surface area contributed by atoms with Crippen LogP contribution in [0.1, 0.15) is 70.9 Å². The number of nitrogens with one attached hydrogen (secondary N) is 1. The van der Waals surface area contributed by atoms with Gasteiger partial charge in [-0.3, -0.25) is 9.59 Å². The van der Waals surface area contributed by atoms with Gasteiger partial charge in [-0.2, -0.15) is 0 Å². The number of carbonyl (C=O) groups excluding carboxylic acids is 1. The van der Waals surface area contributed by atoms with Gasteiger partial charge in [0.15, 0.2) is 11.5 Å². The molecule has 3 aliphatic rings. The van der Waals surface area contributed by atoms with Crippen LogP contribution in [0.25, 0.3) is 0 Å². The SMILES string of the molecule is COc1cc(C)[nH]c(=O)c1CN1CCc2c(C)c3c(c(C)c2C1=O)OC(C)(C1CCC(N(C)C)CC1)O3. The molecule has 1 N–H and O–H groups in total. The number of nitrogens with zero attached hydrogens (tertiary/aromatic N) is 2. The van der Waals surface area contributed by atoms with Crippen LogP contribution in [0, 0.1) is 26.7 Å². The number of hydrogen-bond acceptors (Lipinski definition) is 6. The van der Waals surface area contributed by atoms with Crippen molar-refractivity contribution >= 4 is 5.91 Å². The summed E-state index contributed by atoms with van der Waals surface area (Å²) < 4.78 is 18.7. The summed E-state index contributed by atoms with van der Waals surface area (Å²) in [6.45, 7) is 8.56. The van der Waals surface area contributed by atoms with Gasteiger partial charge in [0.2, 0.25) is 0 Å². The van der Waals surface area contributed by atoms with Gasteiger partial charge in [-0.15, -0.1) is 0 Å². The zero-order valence-electron chi connectivity index (χ0n) is 23.1. The Labute approximate surface area is 218 Å². The Bertz CT molecular complexity index is 1290. The first kappa shape index (κ1) is 25.6. The van der Waals surface area contributed by atoms with E-state index in [1.807, 2.05) is 20.8 Å². The van der Waals surface area contributed by atoms with Crippen molar-refractivity contribution in [2.24, 2.45) is 5.92 Å². The topological polar surface area (TPSA) is 84.1 Å². The highest BCUT2D eigenvalue weighted by atomic mass is 16.7. The Morgan fingerprint density at radius 3 is 2.35 bits per heavy atom. The summed E-state index contributed by atoms with van der Waals surface area (Å²) in [5, 5.41) is 0. The smallest absolute Gasteiger partial charge is 0.256 e. The molecule has 1 aromatic heterocycles. The number of fused-ring (bicyclic) bond motifs is 2. The molecule has 0 bridgehead atoms. The van der Waals surface area contributed by atoms with E-state index in [9.17, 15) is 9.59 Å². The Balaban J connectivity index is 1.43. The first-order valence-corrected chi connectivity index (χ1v) is 13.3. The number of H-pyrrole nitrogens is 1. The van der Waals surface area contributed by atoms with E-state index in [0.29, 0.717) is 47.6 Å². The number of benzene rings is 1. The second-order valence-corrected chi connectivity index (χ2v) is 11.3. The molecule has 5 rings (SSSR count). The predicted octanol–water partition coefficient (Wildman–Crippen LogP) is 4.12. The van der Waals surface area contributed by atoms with E-state index in [0.717, 1.165) is 53.8 Å². The Hall–Kier alpha value is -3.00. The van der Waals surface area contributed by atoms with Gasteiger partial charge >= 0.3 is 0 Å². The molecule has 1 unspecified atom stereocenters. The van der Waals surface area contributed by atoms with Gasteiger partial charge in [-0.1, -0.05) is 0 Å². The van der Waals surface area contributed by atoms with Gasteiger partial charge in [0.25, 0.3) is 17.3 Å². The maximum absolute atomic E-state index is 13.8. The van der Waals surface area contributed by atoms with Gasteiger partial charge < -0.3 is 29.0 Å². The van der Waals surface area contributed by atoms with Crippen LogP contribution in [0.2, 0.25) is 0 Å². The fourth-order valence-corrected chi connectivity index (χ4v) is 6.43. The number of hydrogen-bond donors (Lipinski definition) is 1. The van der Waals surface area contributed by atoms with Crippen LogP contribution in [0.4, 0.5) is 0 Å². The summed E-state index contributed by atoms with van der Waals surface area (Å²) in [5.41, 5.74) is 4.45. The quantitative estimate of drug-likeness (QED) is 0.653. The van der Waals surface area contributed by atoms with Crippen LogP contribution < -0.4 is 19.8 Å². The van der Waals surface area contributed by atoms with Crippen molar-refractivity contribution in [2.75, 3.05) is 27.7 Å². The fraction of sp³-hybridized carbons (Fsp3) is 0.586. The number of aromatic nitrogens is 1. The molecule has 8 nitrogen and oxygen atoms in total. The third-order valence-electron chi connectivity index (χ3n) is 8.73. The van der Waals surface area contributed by atoms with Crippen molar-refractivity contribution in [2.45, 2.75) is 78.2 Å². The number of rotatable bonds is 5. The maximum atomic E-state index is 13.8. The zero-order chi connectivity index (χ0) is 26.6. The summed E-state index contributed by atoms with van der Waals surface area (Å²) in [4.78, 5) is 33.4. The lowest BCUT2D eigenvalue weighted by molar-refractivity contribution is -0.123. The summed E-state index contributed by atoms with van der Waals surface area (Å²) >= 11 is 0. The van der Waals surface area contributed by atoms with Crippen molar-refractivity contribution in [3.05, 3.63) is 49.9 Å². The minimum Gasteiger partial charge on any atom is -0.496 e. The molecule has 3 heterocycles. The minimum absolute atomic E-state index is 0.0876. The molecule has 1 aliphatic carbocycles. The molecule has 2 aromatic rings. The fourth-order valence-electron chi connectivity index (χ4n) is 6.43. The molecular formula is C29H39N3O5. The molecule has 0 radical (unpaired) electrons. The lowest BCUT2D eigenvalue weighted by Gasteiger charge is -2.39. The Kier molecular flexibility index (Phi) is 6.51. The van der Waals surface area contributed by atoms with Gasteiger partial charge in [0.1, 0.15) is 5.75 Å². The number of amides is 1. The zero-order valence-corrected chi connectivity index (χ0v) is 23.1. The number of pyridine rings is 1. The van der Waals surface area contributed by atoms with E-state index < -0.39 is 5.79 Å². The number of ether oxygens (including phenoxy) is 3. The summed E-state index contributed by atoms with van der Waals surface area (Å²) in [6, 6.07) is 2.39. The van der Waals surface area contributed by atoms with Crippen LogP contribution in [-0.2, 0) is 13.0 Å². The average molecular weight is 510 g/mol. The Morgan fingerprint density at radius 2 is 1.73 bits per heavy atom. The van der Waals surface area contributed by atoms with Crippen molar-refractivity contribution < 1.29 is 19.0 Å². The van der Waals surface area contributed by atoms with Gasteiger partial charge in [-0.25, -0.2) is 0 Å². The molecule has 37 heavy (non-hydrogen) atoms. The highest BCUT2D eigenvalue weighted by molar-refractivity contribution is 6.00. The molecule has 1 atom stereocenters. The molecule has 0 saturated heterocycles. The van der Waals surface area contributed by atoms with E-state index in [1.54, 1.807) is 18.1 Å². The van der Waals surface area contributed by atoms with Crippen molar-refractivity contribution in [1.29, 1.82) is 0 Å². The third-order valence-corrected chi connectivity index (χ3v) is 8.73. The van der Waals surface area contributed by atoms with Crippen molar-refractivity contribution in [3.8, 4) is 17.2 Å². The molecule has 0 spiro atoms. The van der Waals surface area contributed by atoms with Crippen LogP contribution in [0.3, 0.4) is 0 Å². The molecule has 1 amide bonds. The van der Waals surface area contributed by atoms with Gasteiger partial charge in [-0.05, 0) is 84.2 Å². The monoisotopic (exact) mass is 509 g/mol. The molecule has 2 aliphatic heterocycles. The average Bonchev–Trinajstić information content (AvgIpc) is 3.24. The van der Waals surface area contributed by atoms with E-state index in [1.165, 1.54) is 0 Å². The summed E-state index contributed by atoms with van der Waals surface area (Å²) in [6.07, 6.45) is 5.04. The lowest BCUT2D eigenvalue weighted by atomic mass is 9.81. The lowest BCUT2D eigenvalue weighted by Crippen LogP contribution is -2.46. The third kappa shape index (κ3) is 4.29. The van der Waals surface area contributed by atoms with E-state index in [2.05, 4.69) is 30.9 Å². The normalized spacial score (nSPS) is 25.0. The highest BCUT2D eigenvalue weighted by Crippen LogP contribution is 2.52. The van der Waals surface area contributed by atoms with Crippen molar-refractivity contribution in [3.63, 3.8) is 0 Å². The predicted molar refractivity (Wildman–Crippen MR) is 142 cm³/mol. The highest BCUT2D eigenvalue weighted by Gasteiger charge is 2.48. The minimum atomic E-state index is -0.732. The second-order valence-electron chi connectivity index (χ2n) is 11.3. The molecule has 1 aromatic carbocycles. The van der Waals surface area contributed by atoms with Gasteiger partial charge in [0, 0.05) is 42.2 Å². The van der Waals surface area contributed by atoms with E-state index in [4.69, 9.17) is 14.2 Å². The first-order valence-electron chi connectivity index (χ1n) is 13.3. The molecule has 1 saturated carbocycles. The van der Waals surface area contributed by atoms with Gasteiger partial charge in [0.05, 0.1) is 19.2 Å². The molecule has 1 fully saturated rings. The van der Waals surface area contributed by atoms with Crippen LogP contribution in [0.15, 0.2) is 10.9 Å². The van der Waals surface area contributed by atoms with Crippen LogP contribution in [-0.4, -0.2) is 60.3 Å². The Morgan fingerprint density at radius 1 is 1.08 bits per heavy atom. The van der Waals surface area contributed by atoms with E-state index in [-0.39, 0.29) is 18.0 Å². The molecule has 200 valence electrons. The summed E-state index contributed by atoms with van der Waals surface area (Å²) in [5.74, 6) is 1.44. The maximum Gasteiger partial charge on any atom is 0.256 e. The number of aromatic amines is 1.